The topological polar surface area (TPSA) is 29.5 Å². The van der Waals surface area contributed by atoms with E-state index in [9.17, 15) is 26.7 Å². The second-order valence-electron chi connectivity index (χ2n) is 3.03. The van der Waals surface area contributed by atoms with Gasteiger partial charge in [-0.05, 0) is 0 Å². The fraction of sp³-hybridized carbons (Fsp3) is 0.875. The van der Waals surface area contributed by atoms with E-state index in [1.165, 1.54) is 0 Å². The number of carbonyl (C=O) groups excluding carboxylic acids is 1. The Morgan fingerprint density at radius 3 is 2.35 bits per heavy atom. The Hall–Kier alpha value is -0.440. The van der Waals surface area contributed by atoms with Crippen molar-refractivity contribution >= 4 is 21.8 Å². The third kappa shape index (κ3) is 9.28. The van der Waals surface area contributed by atoms with Gasteiger partial charge in [0.1, 0.15) is 13.2 Å². The molecule has 0 aromatic carbocycles. The van der Waals surface area contributed by atoms with Crippen molar-refractivity contribution in [3.05, 3.63) is 0 Å². The van der Waals surface area contributed by atoms with Crippen LogP contribution in [-0.4, -0.2) is 55.0 Å². The molecule has 0 rings (SSSR count). The molecular formula is C8H11BrF5NO2. The van der Waals surface area contributed by atoms with Crippen LogP contribution in [0, 0.1) is 0 Å². The molecule has 17 heavy (non-hydrogen) atoms. The molecule has 0 aliphatic rings. The van der Waals surface area contributed by atoms with Gasteiger partial charge in [-0.1, -0.05) is 15.9 Å². The van der Waals surface area contributed by atoms with E-state index < -0.39 is 38.3 Å². The van der Waals surface area contributed by atoms with Crippen LogP contribution >= 0.6 is 15.9 Å². The molecule has 0 heterocycles. The molecule has 0 fully saturated rings. The second-order valence-corrected chi connectivity index (χ2v) is 3.82. The second kappa shape index (κ2) is 7.80. The summed E-state index contributed by atoms with van der Waals surface area (Å²) in [5, 5.41) is 0.255. The van der Waals surface area contributed by atoms with Crippen molar-refractivity contribution in [3.63, 3.8) is 0 Å². The van der Waals surface area contributed by atoms with Crippen LogP contribution in [0.4, 0.5) is 22.0 Å². The van der Waals surface area contributed by atoms with E-state index in [1.807, 2.05) is 0 Å². The van der Waals surface area contributed by atoms with Crippen molar-refractivity contribution in [2.24, 2.45) is 0 Å². The van der Waals surface area contributed by atoms with E-state index in [1.54, 1.807) is 0 Å². The molecular weight excluding hydrogens is 317 g/mol. The summed E-state index contributed by atoms with van der Waals surface area (Å²) in [6, 6.07) is 0. The predicted molar refractivity (Wildman–Crippen MR) is 53.3 cm³/mol. The van der Waals surface area contributed by atoms with Crippen molar-refractivity contribution in [2.75, 3.05) is 31.6 Å². The molecule has 0 spiro atoms. The third-order valence-corrected chi connectivity index (χ3v) is 1.91. The minimum Gasteiger partial charge on any atom is -0.362 e. The number of nitrogens with zero attached hydrogens (tertiary/aromatic N) is 1. The maximum Gasteiger partial charge on any atom is 0.411 e. The molecule has 0 N–H and O–H groups in total. The van der Waals surface area contributed by atoms with Crippen molar-refractivity contribution < 1.29 is 31.5 Å². The lowest BCUT2D eigenvalue weighted by molar-refractivity contribution is -0.178. The van der Waals surface area contributed by atoms with E-state index in [0.29, 0.717) is 0 Å². The van der Waals surface area contributed by atoms with Crippen LogP contribution in [0.15, 0.2) is 0 Å². The van der Waals surface area contributed by atoms with Crippen LogP contribution < -0.4 is 0 Å². The number of amides is 1. The first kappa shape index (κ1) is 16.6. The first-order valence-electron chi connectivity index (χ1n) is 4.52. The van der Waals surface area contributed by atoms with E-state index in [4.69, 9.17) is 0 Å². The molecule has 0 aromatic heterocycles. The van der Waals surface area contributed by atoms with Crippen molar-refractivity contribution in [1.82, 2.24) is 4.90 Å². The lowest BCUT2D eigenvalue weighted by atomic mass is 10.4. The standard InChI is InChI=1S/C8H11BrF5NO2/c9-1-2-15(3-6(10)11)7(16)4-17-5-8(12,13)14/h6H,1-5H2. The van der Waals surface area contributed by atoms with Gasteiger partial charge in [-0.25, -0.2) is 8.78 Å². The van der Waals surface area contributed by atoms with Crippen LogP contribution in [0.25, 0.3) is 0 Å². The monoisotopic (exact) mass is 327 g/mol. The average Bonchev–Trinajstić information content (AvgIpc) is 2.14. The number of carbonyl (C=O) groups is 1. The summed E-state index contributed by atoms with van der Waals surface area (Å²) in [4.78, 5) is 12.0. The normalized spacial score (nSPS) is 11.9. The smallest absolute Gasteiger partial charge is 0.362 e. The van der Waals surface area contributed by atoms with Crippen LogP contribution in [-0.2, 0) is 9.53 Å². The molecule has 0 saturated carbocycles. The molecule has 0 unspecified atom stereocenters. The van der Waals surface area contributed by atoms with Crippen LogP contribution in [0.3, 0.4) is 0 Å². The summed E-state index contributed by atoms with van der Waals surface area (Å²) in [7, 11) is 0. The first-order chi connectivity index (χ1) is 7.76. The predicted octanol–water partition coefficient (Wildman–Crippen LogP) is 2.05. The summed E-state index contributed by atoms with van der Waals surface area (Å²) < 4.78 is 63.3. The van der Waals surface area contributed by atoms with Gasteiger partial charge >= 0.3 is 6.18 Å². The highest BCUT2D eigenvalue weighted by Crippen LogP contribution is 2.14. The summed E-state index contributed by atoms with van der Waals surface area (Å²) >= 11 is 2.95. The Bertz CT molecular complexity index is 236. The van der Waals surface area contributed by atoms with Gasteiger partial charge in [0.25, 0.3) is 6.43 Å². The van der Waals surface area contributed by atoms with Gasteiger partial charge in [-0.2, -0.15) is 13.2 Å². The molecule has 0 radical (unpaired) electrons. The average molecular weight is 328 g/mol. The van der Waals surface area contributed by atoms with Gasteiger partial charge in [0.15, 0.2) is 0 Å². The van der Waals surface area contributed by atoms with Crippen LogP contribution in [0.5, 0.6) is 0 Å². The SMILES string of the molecule is O=C(COCC(F)(F)F)N(CCBr)CC(F)F. The number of ether oxygens (including phenoxy) is 1. The zero-order valence-electron chi connectivity index (χ0n) is 8.64. The Morgan fingerprint density at radius 1 is 1.35 bits per heavy atom. The minimum atomic E-state index is -4.54. The van der Waals surface area contributed by atoms with Crippen molar-refractivity contribution in [3.8, 4) is 0 Å². The quantitative estimate of drug-likeness (QED) is 0.529. The van der Waals surface area contributed by atoms with Crippen molar-refractivity contribution in [2.45, 2.75) is 12.6 Å². The fourth-order valence-corrected chi connectivity index (χ4v) is 1.36. The van der Waals surface area contributed by atoms with Gasteiger partial charge in [0.05, 0.1) is 6.54 Å². The number of hydrogen-bond acceptors (Lipinski definition) is 2. The van der Waals surface area contributed by atoms with E-state index in [0.717, 1.165) is 4.90 Å². The van der Waals surface area contributed by atoms with E-state index in [2.05, 4.69) is 20.7 Å². The summed E-state index contributed by atoms with van der Waals surface area (Å²) in [6.07, 6.45) is -7.27. The molecule has 1 amide bonds. The number of alkyl halides is 6. The molecule has 0 aliphatic heterocycles. The van der Waals surface area contributed by atoms with Gasteiger partial charge in [0.2, 0.25) is 5.91 Å². The highest BCUT2D eigenvalue weighted by molar-refractivity contribution is 9.09. The fourth-order valence-electron chi connectivity index (χ4n) is 0.932. The zero-order chi connectivity index (χ0) is 13.5. The largest absolute Gasteiger partial charge is 0.411 e. The third-order valence-electron chi connectivity index (χ3n) is 1.56. The van der Waals surface area contributed by atoms with Gasteiger partial charge in [-0.15, -0.1) is 0 Å². The molecule has 0 aliphatic carbocycles. The van der Waals surface area contributed by atoms with Gasteiger partial charge < -0.3 is 9.64 Å². The van der Waals surface area contributed by atoms with E-state index in [-0.39, 0.29) is 11.9 Å². The molecule has 9 heteroatoms. The molecule has 0 atom stereocenters. The zero-order valence-corrected chi connectivity index (χ0v) is 10.2. The minimum absolute atomic E-state index is 0.0153. The Kier molecular flexibility index (Phi) is 7.60. The number of halogens is 6. The lowest BCUT2D eigenvalue weighted by Crippen LogP contribution is -2.39. The number of hydrogen-bond donors (Lipinski definition) is 0. The van der Waals surface area contributed by atoms with Crippen LogP contribution in [0.2, 0.25) is 0 Å². The summed E-state index contributed by atoms with van der Waals surface area (Å²) in [6.45, 7) is -3.27. The molecule has 0 aromatic rings. The molecule has 0 bridgehead atoms. The van der Waals surface area contributed by atoms with Crippen molar-refractivity contribution in [1.29, 1.82) is 0 Å². The summed E-state index contributed by atoms with van der Waals surface area (Å²) in [5.41, 5.74) is 0. The molecule has 3 nitrogen and oxygen atoms in total. The maximum atomic E-state index is 12.0. The van der Waals surface area contributed by atoms with Gasteiger partial charge in [0, 0.05) is 11.9 Å². The highest BCUT2D eigenvalue weighted by Gasteiger charge is 2.28. The lowest BCUT2D eigenvalue weighted by Gasteiger charge is -2.21. The van der Waals surface area contributed by atoms with Crippen LogP contribution in [0.1, 0.15) is 0 Å². The number of rotatable bonds is 7. The Balaban J connectivity index is 4.05. The summed E-state index contributed by atoms with van der Waals surface area (Å²) in [5.74, 6) is -0.894. The Morgan fingerprint density at radius 2 is 1.94 bits per heavy atom. The first-order valence-corrected chi connectivity index (χ1v) is 5.65. The molecule has 102 valence electrons. The van der Waals surface area contributed by atoms with E-state index >= 15 is 0 Å². The van der Waals surface area contributed by atoms with Gasteiger partial charge in [-0.3, -0.25) is 4.79 Å². The Labute approximate surface area is 103 Å². The maximum absolute atomic E-state index is 12.0. The molecule has 0 saturated heterocycles. The highest BCUT2D eigenvalue weighted by atomic mass is 79.9.